The summed E-state index contributed by atoms with van der Waals surface area (Å²) in [6, 6.07) is 3.58. The number of ether oxygens (including phenoxy) is 2. The molecule has 0 saturated carbocycles. The number of aliphatic hydroxyl groups is 2. The Balaban J connectivity index is 2.74. The lowest BCUT2D eigenvalue weighted by Crippen LogP contribution is -2.39. The molecule has 0 spiro atoms. The van der Waals surface area contributed by atoms with Gasteiger partial charge in [-0.2, -0.15) is 0 Å². The summed E-state index contributed by atoms with van der Waals surface area (Å²) in [7, 11) is 1.57. The first-order valence-corrected chi connectivity index (χ1v) is 7.53. The molecule has 1 aromatic rings. The van der Waals surface area contributed by atoms with E-state index in [1.807, 2.05) is 13.8 Å². The molecule has 0 fully saturated rings. The Morgan fingerprint density at radius 1 is 1.22 bits per heavy atom. The van der Waals surface area contributed by atoms with Crippen molar-refractivity contribution >= 4 is 6.09 Å². The second-order valence-corrected chi connectivity index (χ2v) is 6.57. The zero-order chi connectivity index (χ0) is 17.8. The van der Waals surface area contributed by atoms with Crippen LogP contribution in [0.3, 0.4) is 0 Å². The van der Waals surface area contributed by atoms with Gasteiger partial charge in [0.1, 0.15) is 23.6 Å². The van der Waals surface area contributed by atoms with Gasteiger partial charge < -0.3 is 25.0 Å². The van der Waals surface area contributed by atoms with Gasteiger partial charge >= 0.3 is 6.09 Å². The first-order valence-electron chi connectivity index (χ1n) is 7.53. The fourth-order valence-electron chi connectivity index (χ4n) is 2.33. The quantitative estimate of drug-likeness (QED) is 0.772. The van der Waals surface area contributed by atoms with Crippen molar-refractivity contribution in [3.05, 3.63) is 28.8 Å². The Bertz CT molecular complexity index is 527. The van der Waals surface area contributed by atoms with Crippen LogP contribution in [0.4, 0.5) is 4.79 Å². The minimum atomic E-state index is -1.15. The molecule has 6 nitrogen and oxygen atoms in total. The second kappa shape index (κ2) is 7.66. The number of alkyl carbamates (subject to hydrolysis) is 1. The average molecular weight is 325 g/mol. The molecule has 2 atom stereocenters. The maximum absolute atomic E-state index is 11.6. The summed E-state index contributed by atoms with van der Waals surface area (Å²) < 4.78 is 10.3. The van der Waals surface area contributed by atoms with Gasteiger partial charge in [0.2, 0.25) is 0 Å². The molecule has 0 radical (unpaired) electrons. The topological polar surface area (TPSA) is 88.0 Å². The van der Waals surface area contributed by atoms with Crippen LogP contribution >= 0.6 is 0 Å². The number of amides is 1. The summed E-state index contributed by atoms with van der Waals surface area (Å²) in [6.45, 7) is 8.82. The van der Waals surface area contributed by atoms with Crippen molar-refractivity contribution in [1.82, 2.24) is 5.32 Å². The zero-order valence-electron chi connectivity index (χ0n) is 14.6. The highest BCUT2D eigenvalue weighted by Gasteiger charge is 2.24. The van der Waals surface area contributed by atoms with E-state index in [4.69, 9.17) is 9.47 Å². The first-order chi connectivity index (χ1) is 10.5. The van der Waals surface area contributed by atoms with Crippen LogP contribution in [-0.2, 0) is 4.74 Å². The highest BCUT2D eigenvalue weighted by molar-refractivity contribution is 5.67. The Kier molecular flexibility index (Phi) is 6.41. The van der Waals surface area contributed by atoms with Gasteiger partial charge in [0.05, 0.1) is 7.11 Å². The SMILES string of the molecule is COc1cc(C)c(C(O)C(O)CNC(=O)OC(C)(C)C)c(C)c1. The van der Waals surface area contributed by atoms with Crippen LogP contribution in [-0.4, -0.2) is 41.7 Å². The molecule has 3 N–H and O–H groups in total. The highest BCUT2D eigenvalue weighted by Crippen LogP contribution is 2.28. The summed E-state index contributed by atoms with van der Waals surface area (Å²) >= 11 is 0. The van der Waals surface area contributed by atoms with Crippen molar-refractivity contribution in [1.29, 1.82) is 0 Å². The third kappa shape index (κ3) is 5.73. The van der Waals surface area contributed by atoms with Gasteiger partial charge in [0.25, 0.3) is 0 Å². The summed E-state index contributed by atoms with van der Waals surface area (Å²) in [5, 5.41) is 23.0. The van der Waals surface area contributed by atoms with Crippen molar-refractivity contribution in [2.24, 2.45) is 0 Å². The van der Waals surface area contributed by atoms with Crippen LogP contribution in [0.1, 0.15) is 43.6 Å². The fraction of sp³-hybridized carbons (Fsp3) is 0.588. The molecule has 0 heterocycles. The van der Waals surface area contributed by atoms with Crippen molar-refractivity contribution in [2.45, 2.75) is 52.4 Å². The Morgan fingerprint density at radius 3 is 2.17 bits per heavy atom. The zero-order valence-corrected chi connectivity index (χ0v) is 14.6. The molecule has 0 aromatic heterocycles. The van der Waals surface area contributed by atoms with Crippen molar-refractivity contribution in [3.63, 3.8) is 0 Å². The molecule has 2 unspecified atom stereocenters. The first kappa shape index (κ1) is 19.3. The molecular weight excluding hydrogens is 298 g/mol. The van der Waals surface area contributed by atoms with E-state index in [0.29, 0.717) is 11.3 Å². The van der Waals surface area contributed by atoms with Gasteiger partial charge in [-0.1, -0.05) is 0 Å². The van der Waals surface area contributed by atoms with Crippen LogP contribution in [0, 0.1) is 13.8 Å². The van der Waals surface area contributed by atoms with Gasteiger partial charge in [-0.3, -0.25) is 0 Å². The molecule has 0 saturated heterocycles. The standard InChI is InChI=1S/C17H27NO5/c1-10-7-12(22-6)8-11(2)14(10)15(20)13(19)9-18-16(21)23-17(3,4)5/h7-8,13,15,19-20H,9H2,1-6H3,(H,18,21). The summed E-state index contributed by atoms with van der Waals surface area (Å²) in [5.74, 6) is 0.692. The minimum Gasteiger partial charge on any atom is -0.497 e. The van der Waals surface area contributed by atoms with Crippen LogP contribution < -0.4 is 10.1 Å². The highest BCUT2D eigenvalue weighted by atomic mass is 16.6. The maximum atomic E-state index is 11.6. The van der Waals surface area contributed by atoms with Gasteiger partial charge in [-0.15, -0.1) is 0 Å². The predicted octanol–water partition coefficient (Wildman–Crippen LogP) is 2.23. The van der Waals surface area contributed by atoms with E-state index in [1.165, 1.54) is 0 Å². The lowest BCUT2D eigenvalue weighted by atomic mass is 9.94. The lowest BCUT2D eigenvalue weighted by molar-refractivity contribution is 0.0123. The predicted molar refractivity (Wildman–Crippen MR) is 87.7 cm³/mol. The van der Waals surface area contributed by atoms with Gasteiger partial charge in [-0.25, -0.2) is 4.79 Å². The number of methoxy groups -OCH3 is 1. The number of nitrogens with one attached hydrogen (secondary N) is 1. The van der Waals surface area contributed by atoms with E-state index < -0.39 is 23.9 Å². The number of hydrogen-bond acceptors (Lipinski definition) is 5. The summed E-state index contributed by atoms with van der Waals surface area (Å²) in [6.07, 6.45) is -2.89. The van der Waals surface area contributed by atoms with E-state index in [-0.39, 0.29) is 6.54 Å². The Hall–Kier alpha value is -1.79. The lowest BCUT2D eigenvalue weighted by Gasteiger charge is -2.24. The third-order valence-corrected chi connectivity index (χ3v) is 3.32. The Labute approximate surface area is 137 Å². The Morgan fingerprint density at radius 2 is 1.74 bits per heavy atom. The van der Waals surface area contributed by atoms with E-state index in [0.717, 1.165) is 11.1 Å². The smallest absolute Gasteiger partial charge is 0.407 e. The second-order valence-electron chi connectivity index (χ2n) is 6.57. The van der Waals surface area contributed by atoms with Crippen molar-refractivity contribution in [3.8, 4) is 5.75 Å². The van der Waals surface area contributed by atoms with Gasteiger partial charge in [-0.05, 0) is 63.4 Å². The number of hydrogen-bond donors (Lipinski definition) is 3. The molecule has 0 aliphatic rings. The number of carbonyl (C=O) groups excluding carboxylic acids is 1. The normalized spacial score (nSPS) is 14.1. The van der Waals surface area contributed by atoms with E-state index in [2.05, 4.69) is 5.32 Å². The van der Waals surface area contributed by atoms with E-state index in [1.54, 1.807) is 40.0 Å². The summed E-state index contributed by atoms with van der Waals surface area (Å²) in [4.78, 5) is 11.6. The number of carbonyl (C=O) groups is 1. The summed E-state index contributed by atoms with van der Waals surface area (Å²) in [5.41, 5.74) is 1.64. The van der Waals surface area contributed by atoms with Crippen LogP contribution in [0.25, 0.3) is 0 Å². The van der Waals surface area contributed by atoms with E-state index >= 15 is 0 Å². The molecule has 6 heteroatoms. The molecular formula is C17H27NO5. The average Bonchev–Trinajstić information content (AvgIpc) is 2.41. The van der Waals surface area contributed by atoms with Crippen LogP contribution in [0.2, 0.25) is 0 Å². The van der Waals surface area contributed by atoms with Gasteiger partial charge in [0, 0.05) is 6.54 Å². The third-order valence-electron chi connectivity index (χ3n) is 3.32. The number of rotatable bonds is 5. The van der Waals surface area contributed by atoms with Gasteiger partial charge in [0.15, 0.2) is 0 Å². The molecule has 0 aliphatic heterocycles. The molecule has 130 valence electrons. The monoisotopic (exact) mass is 325 g/mol. The molecule has 1 rings (SSSR count). The molecule has 1 amide bonds. The number of aryl methyl sites for hydroxylation is 2. The largest absolute Gasteiger partial charge is 0.497 e. The fourth-order valence-corrected chi connectivity index (χ4v) is 2.33. The number of benzene rings is 1. The van der Waals surface area contributed by atoms with E-state index in [9.17, 15) is 15.0 Å². The molecule has 0 bridgehead atoms. The molecule has 0 aliphatic carbocycles. The van der Waals surface area contributed by atoms with Crippen molar-refractivity contribution < 1.29 is 24.5 Å². The molecule has 1 aromatic carbocycles. The number of aliphatic hydroxyl groups excluding tert-OH is 2. The molecule has 23 heavy (non-hydrogen) atoms. The van der Waals surface area contributed by atoms with Crippen molar-refractivity contribution in [2.75, 3.05) is 13.7 Å². The van der Waals surface area contributed by atoms with Crippen LogP contribution in [0.15, 0.2) is 12.1 Å². The van der Waals surface area contributed by atoms with Crippen LogP contribution in [0.5, 0.6) is 5.75 Å². The maximum Gasteiger partial charge on any atom is 0.407 e. The minimum absolute atomic E-state index is 0.110.